The third-order valence-electron chi connectivity index (χ3n) is 3.54. The molecule has 0 saturated carbocycles. The number of pyridine rings is 1. The molecule has 2 rings (SSSR count). The van der Waals surface area contributed by atoms with Gasteiger partial charge in [-0.15, -0.1) is 0 Å². The van der Waals surface area contributed by atoms with E-state index in [1.165, 1.54) is 18.5 Å². The second-order valence-corrected chi connectivity index (χ2v) is 5.31. The van der Waals surface area contributed by atoms with Crippen molar-refractivity contribution in [3.8, 4) is 0 Å². The first-order valence-electron chi connectivity index (χ1n) is 7.28. The summed E-state index contributed by atoms with van der Waals surface area (Å²) in [6, 6.07) is 4.14. The van der Waals surface area contributed by atoms with E-state index >= 15 is 0 Å². The van der Waals surface area contributed by atoms with Crippen molar-refractivity contribution in [1.82, 2.24) is 4.98 Å². The molecule has 4 nitrogen and oxygen atoms in total. The molecule has 19 heavy (non-hydrogen) atoms. The Kier molecular flexibility index (Phi) is 5.16. The van der Waals surface area contributed by atoms with Gasteiger partial charge >= 0.3 is 0 Å². The molecule has 1 saturated heterocycles. The van der Waals surface area contributed by atoms with Crippen LogP contribution in [0.25, 0.3) is 0 Å². The zero-order valence-electron chi connectivity index (χ0n) is 12.0. The summed E-state index contributed by atoms with van der Waals surface area (Å²) < 4.78 is 5.86. The average molecular weight is 263 g/mol. The minimum absolute atomic E-state index is 0.00366. The minimum Gasteiger partial charge on any atom is -0.376 e. The van der Waals surface area contributed by atoms with Gasteiger partial charge in [-0.3, -0.25) is 4.98 Å². The fraction of sp³-hybridized carbons (Fsp3) is 0.667. The molecule has 0 bridgehead atoms. The fourth-order valence-electron chi connectivity index (χ4n) is 2.45. The lowest BCUT2D eigenvalue weighted by molar-refractivity contribution is 0.0440. The van der Waals surface area contributed by atoms with Crippen LogP contribution in [0.5, 0.6) is 0 Å². The lowest BCUT2D eigenvalue weighted by atomic mass is 10.1. The van der Waals surface area contributed by atoms with Crippen molar-refractivity contribution in [2.45, 2.75) is 45.3 Å². The summed E-state index contributed by atoms with van der Waals surface area (Å²) in [7, 11) is 0. The van der Waals surface area contributed by atoms with Gasteiger partial charge in [0.2, 0.25) is 0 Å². The highest BCUT2D eigenvalue weighted by Gasteiger charge is 2.20. The molecule has 4 heteroatoms. The molecule has 2 N–H and O–H groups in total. The highest BCUT2D eigenvalue weighted by atomic mass is 16.5. The Labute approximate surface area is 116 Å². The summed E-state index contributed by atoms with van der Waals surface area (Å²) in [4.78, 5) is 6.80. The van der Waals surface area contributed by atoms with Gasteiger partial charge in [0.25, 0.3) is 0 Å². The molecule has 106 valence electrons. The summed E-state index contributed by atoms with van der Waals surface area (Å²) in [5, 5.41) is 0. The minimum atomic E-state index is -0.00366. The summed E-state index contributed by atoms with van der Waals surface area (Å²) in [5.74, 6) is 0. The van der Waals surface area contributed by atoms with Crippen molar-refractivity contribution >= 4 is 5.69 Å². The molecule has 1 aromatic heterocycles. The second-order valence-electron chi connectivity index (χ2n) is 5.31. The Morgan fingerprint density at radius 3 is 3.00 bits per heavy atom. The third kappa shape index (κ3) is 3.91. The number of nitrogens with two attached hydrogens (primary N) is 1. The van der Waals surface area contributed by atoms with Crippen molar-refractivity contribution in [2.24, 2.45) is 5.73 Å². The van der Waals surface area contributed by atoms with E-state index in [4.69, 9.17) is 10.5 Å². The monoisotopic (exact) mass is 263 g/mol. The van der Waals surface area contributed by atoms with Gasteiger partial charge in [0, 0.05) is 25.7 Å². The van der Waals surface area contributed by atoms with E-state index < -0.39 is 0 Å². The topological polar surface area (TPSA) is 51.4 Å². The van der Waals surface area contributed by atoms with Crippen molar-refractivity contribution in [3.63, 3.8) is 0 Å². The summed E-state index contributed by atoms with van der Waals surface area (Å²) >= 11 is 0. The third-order valence-corrected chi connectivity index (χ3v) is 3.54. The van der Waals surface area contributed by atoms with Crippen molar-refractivity contribution in [1.29, 1.82) is 0 Å². The average Bonchev–Trinajstić information content (AvgIpc) is 2.45. The molecule has 0 spiro atoms. The van der Waals surface area contributed by atoms with Crippen LogP contribution in [0.1, 0.15) is 44.8 Å². The van der Waals surface area contributed by atoms with E-state index in [0.29, 0.717) is 6.10 Å². The first kappa shape index (κ1) is 14.3. The van der Waals surface area contributed by atoms with E-state index in [9.17, 15) is 0 Å². The largest absolute Gasteiger partial charge is 0.376 e. The number of anilines is 1. The maximum absolute atomic E-state index is 5.86. The smallest absolute Gasteiger partial charge is 0.0750 e. The van der Waals surface area contributed by atoms with Crippen LogP contribution in [0.4, 0.5) is 5.69 Å². The molecular weight excluding hydrogens is 238 g/mol. The number of hydrogen-bond donors (Lipinski definition) is 1. The number of aromatic nitrogens is 1. The van der Waals surface area contributed by atoms with E-state index in [1.54, 1.807) is 0 Å². The highest BCUT2D eigenvalue weighted by molar-refractivity contribution is 5.45. The van der Waals surface area contributed by atoms with Crippen LogP contribution in [0.3, 0.4) is 0 Å². The summed E-state index contributed by atoms with van der Waals surface area (Å²) in [6.07, 6.45) is 5.73. The van der Waals surface area contributed by atoms with Gasteiger partial charge in [-0.1, -0.05) is 6.92 Å². The van der Waals surface area contributed by atoms with Crippen molar-refractivity contribution < 1.29 is 4.74 Å². The van der Waals surface area contributed by atoms with E-state index in [0.717, 1.165) is 31.8 Å². The van der Waals surface area contributed by atoms with Gasteiger partial charge in [-0.25, -0.2) is 0 Å². The second kappa shape index (κ2) is 6.87. The maximum atomic E-state index is 5.86. The summed E-state index contributed by atoms with van der Waals surface area (Å²) in [5.41, 5.74) is 7.94. The molecule has 2 heterocycles. The first-order valence-corrected chi connectivity index (χ1v) is 7.28. The molecular formula is C15H25N3O. The van der Waals surface area contributed by atoms with Crippen molar-refractivity contribution in [2.75, 3.05) is 24.6 Å². The number of piperidine rings is 1. The number of hydrogen-bond acceptors (Lipinski definition) is 4. The molecule has 0 radical (unpaired) electrons. The molecule has 0 amide bonds. The summed E-state index contributed by atoms with van der Waals surface area (Å²) in [6.45, 7) is 7.03. The lowest BCUT2D eigenvalue weighted by Gasteiger charge is -2.34. The SMILES string of the molecule is CCCOC1CCCN(c2ccc([C@@H](C)N)nc2)C1. The van der Waals surface area contributed by atoms with Gasteiger partial charge in [0.15, 0.2) is 0 Å². The Morgan fingerprint density at radius 1 is 1.53 bits per heavy atom. The zero-order chi connectivity index (χ0) is 13.7. The van der Waals surface area contributed by atoms with Gasteiger partial charge in [0.1, 0.15) is 0 Å². The number of ether oxygens (including phenoxy) is 1. The number of rotatable bonds is 5. The van der Waals surface area contributed by atoms with Crippen LogP contribution < -0.4 is 10.6 Å². The van der Waals surface area contributed by atoms with Gasteiger partial charge in [-0.2, -0.15) is 0 Å². The number of nitrogens with zero attached hydrogens (tertiary/aromatic N) is 2. The van der Waals surface area contributed by atoms with E-state index in [1.807, 2.05) is 19.2 Å². The van der Waals surface area contributed by atoms with Gasteiger partial charge < -0.3 is 15.4 Å². The quantitative estimate of drug-likeness (QED) is 0.887. The molecule has 1 fully saturated rings. The molecule has 0 aromatic carbocycles. The van der Waals surface area contributed by atoms with Crippen LogP contribution in [-0.4, -0.2) is 30.8 Å². The van der Waals surface area contributed by atoms with Crippen molar-refractivity contribution in [3.05, 3.63) is 24.0 Å². The molecule has 0 aliphatic carbocycles. The first-order chi connectivity index (χ1) is 9.20. The Morgan fingerprint density at radius 2 is 2.37 bits per heavy atom. The van der Waals surface area contributed by atoms with Crippen LogP contribution in [-0.2, 0) is 4.74 Å². The molecule has 1 aliphatic rings. The van der Waals surface area contributed by atoms with Crippen LogP contribution >= 0.6 is 0 Å². The molecule has 2 atom stereocenters. The van der Waals surface area contributed by atoms with E-state index in [-0.39, 0.29) is 6.04 Å². The van der Waals surface area contributed by atoms with Crippen LogP contribution in [0.2, 0.25) is 0 Å². The van der Waals surface area contributed by atoms with Gasteiger partial charge in [-0.05, 0) is 38.3 Å². The van der Waals surface area contributed by atoms with Crippen LogP contribution in [0.15, 0.2) is 18.3 Å². The van der Waals surface area contributed by atoms with Crippen LogP contribution in [0, 0.1) is 0 Å². The molecule has 1 unspecified atom stereocenters. The van der Waals surface area contributed by atoms with Gasteiger partial charge in [0.05, 0.1) is 23.7 Å². The Bertz CT molecular complexity index is 377. The van der Waals surface area contributed by atoms with E-state index in [2.05, 4.69) is 22.9 Å². The zero-order valence-corrected chi connectivity index (χ0v) is 12.0. The Balaban J connectivity index is 1.96. The molecule has 1 aromatic rings. The highest BCUT2D eigenvalue weighted by Crippen LogP contribution is 2.21. The maximum Gasteiger partial charge on any atom is 0.0750 e. The predicted octanol–water partition coefficient (Wildman–Crippen LogP) is 2.50. The standard InChI is InChI=1S/C15H25N3O/c1-3-9-19-14-5-4-8-18(11-14)13-6-7-15(12(2)16)17-10-13/h6-7,10,12,14H,3-5,8-9,11,16H2,1-2H3/t12-,14?/m1/s1. The lowest BCUT2D eigenvalue weighted by Crippen LogP contribution is -2.39. The Hall–Kier alpha value is -1.13. The fourth-order valence-corrected chi connectivity index (χ4v) is 2.45. The predicted molar refractivity (Wildman–Crippen MR) is 78.3 cm³/mol. The normalized spacial score (nSPS) is 21.4. The molecule has 1 aliphatic heterocycles.